The van der Waals surface area contributed by atoms with E-state index in [4.69, 9.17) is 9.84 Å². The number of rotatable bonds is 4. The fourth-order valence-corrected chi connectivity index (χ4v) is 2.02. The van der Waals surface area contributed by atoms with Gasteiger partial charge in [-0.25, -0.2) is 14.2 Å². The van der Waals surface area contributed by atoms with Crippen LogP contribution in [0.1, 0.15) is 21.1 Å². The molecule has 2 aromatic rings. The molecule has 0 amide bonds. The number of thiazole rings is 1. The van der Waals surface area contributed by atoms with Gasteiger partial charge in [-0.1, -0.05) is 0 Å². The SMILES string of the molecule is Cc1nc(COc2cc(F)ccc2C(=O)O)cs1. The van der Waals surface area contributed by atoms with Gasteiger partial charge in [-0.2, -0.15) is 0 Å². The summed E-state index contributed by atoms with van der Waals surface area (Å²) in [6.07, 6.45) is 0. The van der Waals surface area contributed by atoms with Gasteiger partial charge in [0.05, 0.1) is 10.7 Å². The van der Waals surface area contributed by atoms with Crippen molar-refractivity contribution in [1.29, 1.82) is 0 Å². The second-order valence-corrected chi connectivity index (χ2v) is 4.65. The van der Waals surface area contributed by atoms with E-state index in [-0.39, 0.29) is 17.9 Å². The molecular formula is C12H10FNO3S. The average Bonchev–Trinajstić information content (AvgIpc) is 2.72. The van der Waals surface area contributed by atoms with Crippen LogP contribution >= 0.6 is 11.3 Å². The first kappa shape index (κ1) is 12.5. The molecule has 1 N–H and O–H groups in total. The Balaban J connectivity index is 2.17. The Labute approximate surface area is 107 Å². The molecule has 0 saturated heterocycles. The first-order chi connectivity index (χ1) is 8.56. The lowest BCUT2D eigenvalue weighted by atomic mass is 10.2. The average molecular weight is 267 g/mol. The molecule has 0 radical (unpaired) electrons. The summed E-state index contributed by atoms with van der Waals surface area (Å²) in [5.41, 5.74) is 0.626. The van der Waals surface area contributed by atoms with Crippen molar-refractivity contribution in [1.82, 2.24) is 4.98 Å². The second-order valence-electron chi connectivity index (χ2n) is 3.59. The molecule has 2 rings (SSSR count). The summed E-state index contributed by atoms with van der Waals surface area (Å²) in [6, 6.07) is 3.32. The quantitative estimate of drug-likeness (QED) is 0.925. The normalized spacial score (nSPS) is 10.3. The van der Waals surface area contributed by atoms with E-state index in [1.165, 1.54) is 17.4 Å². The van der Waals surface area contributed by atoms with E-state index in [0.29, 0.717) is 5.69 Å². The van der Waals surface area contributed by atoms with E-state index in [1.807, 2.05) is 12.3 Å². The zero-order chi connectivity index (χ0) is 13.1. The van der Waals surface area contributed by atoms with Crippen LogP contribution < -0.4 is 4.74 Å². The Hall–Kier alpha value is -1.95. The summed E-state index contributed by atoms with van der Waals surface area (Å²) in [7, 11) is 0. The summed E-state index contributed by atoms with van der Waals surface area (Å²) < 4.78 is 18.4. The monoisotopic (exact) mass is 267 g/mol. The highest BCUT2D eigenvalue weighted by atomic mass is 32.1. The van der Waals surface area contributed by atoms with E-state index in [1.54, 1.807) is 0 Å². The summed E-state index contributed by atoms with van der Waals surface area (Å²) >= 11 is 1.47. The van der Waals surface area contributed by atoms with Gasteiger partial charge in [0.15, 0.2) is 0 Å². The van der Waals surface area contributed by atoms with Crippen molar-refractivity contribution in [2.24, 2.45) is 0 Å². The summed E-state index contributed by atoms with van der Waals surface area (Å²) in [5.74, 6) is -1.68. The Morgan fingerprint density at radius 1 is 1.56 bits per heavy atom. The number of ether oxygens (including phenoxy) is 1. The highest BCUT2D eigenvalue weighted by Crippen LogP contribution is 2.21. The molecule has 0 aliphatic rings. The highest BCUT2D eigenvalue weighted by Gasteiger charge is 2.12. The molecule has 0 atom stereocenters. The van der Waals surface area contributed by atoms with Crippen molar-refractivity contribution in [3.63, 3.8) is 0 Å². The van der Waals surface area contributed by atoms with Crippen LogP contribution in [-0.4, -0.2) is 16.1 Å². The van der Waals surface area contributed by atoms with Crippen molar-refractivity contribution in [3.05, 3.63) is 45.7 Å². The zero-order valence-corrected chi connectivity index (χ0v) is 10.3. The number of carbonyl (C=O) groups is 1. The van der Waals surface area contributed by atoms with Crippen LogP contribution in [0.2, 0.25) is 0 Å². The standard InChI is InChI=1S/C12H10FNO3S/c1-7-14-9(6-18-7)5-17-11-4-8(13)2-3-10(11)12(15)16/h2-4,6H,5H2,1H3,(H,15,16). The van der Waals surface area contributed by atoms with Gasteiger partial charge in [0.1, 0.15) is 23.7 Å². The van der Waals surface area contributed by atoms with Crippen LogP contribution in [0.3, 0.4) is 0 Å². The maximum absolute atomic E-state index is 13.1. The van der Waals surface area contributed by atoms with Crippen LogP contribution in [0.5, 0.6) is 5.75 Å². The summed E-state index contributed by atoms with van der Waals surface area (Å²) in [4.78, 5) is 15.1. The molecule has 18 heavy (non-hydrogen) atoms. The third-order valence-electron chi connectivity index (χ3n) is 2.22. The van der Waals surface area contributed by atoms with Crippen LogP contribution in [0.25, 0.3) is 0 Å². The van der Waals surface area contributed by atoms with Gasteiger partial charge in [0, 0.05) is 11.4 Å². The van der Waals surface area contributed by atoms with Crippen LogP contribution in [0, 0.1) is 12.7 Å². The van der Waals surface area contributed by atoms with Gasteiger partial charge in [0.2, 0.25) is 0 Å². The van der Waals surface area contributed by atoms with Crippen LogP contribution in [0.15, 0.2) is 23.6 Å². The molecule has 4 nitrogen and oxygen atoms in total. The molecule has 94 valence electrons. The van der Waals surface area contributed by atoms with Crippen molar-refractivity contribution >= 4 is 17.3 Å². The third kappa shape index (κ3) is 2.84. The fourth-order valence-electron chi connectivity index (χ4n) is 1.42. The van der Waals surface area contributed by atoms with E-state index >= 15 is 0 Å². The predicted octanol–water partition coefficient (Wildman–Crippen LogP) is 2.87. The largest absolute Gasteiger partial charge is 0.486 e. The van der Waals surface area contributed by atoms with Gasteiger partial charge >= 0.3 is 5.97 Å². The molecule has 0 saturated carbocycles. The number of hydrogen-bond donors (Lipinski definition) is 1. The molecule has 6 heteroatoms. The Kier molecular flexibility index (Phi) is 3.57. The van der Waals surface area contributed by atoms with E-state index in [0.717, 1.165) is 17.1 Å². The number of nitrogens with zero attached hydrogens (tertiary/aromatic N) is 1. The smallest absolute Gasteiger partial charge is 0.339 e. The maximum atomic E-state index is 13.1. The highest BCUT2D eigenvalue weighted by molar-refractivity contribution is 7.09. The molecule has 1 aromatic heterocycles. The first-order valence-electron chi connectivity index (χ1n) is 5.13. The van der Waals surface area contributed by atoms with Crippen molar-refractivity contribution < 1.29 is 19.0 Å². The molecule has 0 bridgehead atoms. The first-order valence-corrected chi connectivity index (χ1v) is 6.01. The van der Waals surface area contributed by atoms with Gasteiger partial charge in [-0.15, -0.1) is 11.3 Å². The second kappa shape index (κ2) is 5.14. The number of benzene rings is 1. The minimum absolute atomic E-state index is 0.00755. The maximum Gasteiger partial charge on any atom is 0.339 e. The number of aryl methyl sites for hydroxylation is 1. The Morgan fingerprint density at radius 3 is 2.94 bits per heavy atom. The van der Waals surface area contributed by atoms with Crippen molar-refractivity contribution in [3.8, 4) is 5.75 Å². The van der Waals surface area contributed by atoms with Gasteiger partial charge in [-0.05, 0) is 19.1 Å². The molecule has 0 aliphatic carbocycles. The van der Waals surface area contributed by atoms with Crippen LogP contribution in [-0.2, 0) is 6.61 Å². The Bertz CT molecular complexity index is 582. The molecule has 1 heterocycles. The Morgan fingerprint density at radius 2 is 2.33 bits per heavy atom. The molecule has 0 fully saturated rings. The van der Waals surface area contributed by atoms with Crippen molar-refractivity contribution in [2.45, 2.75) is 13.5 Å². The van der Waals surface area contributed by atoms with Gasteiger partial charge in [-0.3, -0.25) is 0 Å². The minimum atomic E-state index is -1.15. The number of aromatic nitrogens is 1. The molecule has 1 aromatic carbocycles. The summed E-state index contributed by atoms with van der Waals surface area (Å²) in [5, 5.41) is 11.7. The number of aromatic carboxylic acids is 1. The van der Waals surface area contributed by atoms with Crippen molar-refractivity contribution in [2.75, 3.05) is 0 Å². The predicted molar refractivity (Wildman–Crippen MR) is 64.5 cm³/mol. The molecule has 0 unspecified atom stereocenters. The van der Waals surface area contributed by atoms with Crippen LogP contribution in [0.4, 0.5) is 4.39 Å². The lowest BCUT2D eigenvalue weighted by molar-refractivity contribution is 0.0691. The topological polar surface area (TPSA) is 59.4 Å². The molecule has 0 spiro atoms. The number of hydrogen-bond acceptors (Lipinski definition) is 4. The lowest BCUT2D eigenvalue weighted by Gasteiger charge is -2.07. The van der Waals surface area contributed by atoms with Gasteiger partial charge < -0.3 is 9.84 Å². The lowest BCUT2D eigenvalue weighted by Crippen LogP contribution is -2.04. The zero-order valence-electron chi connectivity index (χ0n) is 9.51. The number of carboxylic acid groups (broad SMARTS) is 1. The molecular weight excluding hydrogens is 257 g/mol. The van der Waals surface area contributed by atoms with E-state index < -0.39 is 11.8 Å². The third-order valence-corrected chi connectivity index (χ3v) is 3.04. The minimum Gasteiger partial charge on any atom is -0.486 e. The fraction of sp³-hybridized carbons (Fsp3) is 0.167. The van der Waals surface area contributed by atoms with Gasteiger partial charge in [0.25, 0.3) is 0 Å². The number of carboxylic acids is 1. The molecule has 0 aliphatic heterocycles. The number of halogens is 1. The summed E-state index contributed by atoms with van der Waals surface area (Å²) in [6.45, 7) is 1.98. The van der Waals surface area contributed by atoms with E-state index in [9.17, 15) is 9.18 Å². The van der Waals surface area contributed by atoms with E-state index in [2.05, 4.69) is 4.98 Å².